The summed E-state index contributed by atoms with van der Waals surface area (Å²) in [5.41, 5.74) is 3.11. The van der Waals surface area contributed by atoms with Gasteiger partial charge in [-0.25, -0.2) is 13.4 Å². The Morgan fingerprint density at radius 1 is 1.20 bits per heavy atom. The molecule has 2 N–H and O–H groups in total. The summed E-state index contributed by atoms with van der Waals surface area (Å²) in [5.74, 6) is 0.586. The lowest BCUT2D eigenvalue weighted by Crippen LogP contribution is -2.46. The average Bonchev–Trinajstić information content (AvgIpc) is 2.69. The highest BCUT2D eigenvalue weighted by Gasteiger charge is 2.21. The molecule has 0 radical (unpaired) electrons. The van der Waals surface area contributed by atoms with Gasteiger partial charge in [0.05, 0.1) is 10.6 Å². The number of rotatable bonds is 8. The van der Waals surface area contributed by atoms with Crippen LogP contribution in [0.4, 0.5) is 0 Å². The maximum absolute atomic E-state index is 12.8. The summed E-state index contributed by atoms with van der Waals surface area (Å²) in [6.07, 6.45) is 3.15. The Morgan fingerprint density at radius 2 is 1.93 bits per heavy atom. The van der Waals surface area contributed by atoms with Gasteiger partial charge in [0.2, 0.25) is 0 Å². The van der Waals surface area contributed by atoms with E-state index in [2.05, 4.69) is 20.6 Å². The molecule has 1 unspecified atom stereocenters. The first kappa shape index (κ1) is 26.6. The number of sulfone groups is 1. The predicted octanol–water partition coefficient (Wildman–Crippen LogP) is 3.93. The van der Waals surface area contributed by atoms with Crippen LogP contribution >= 0.6 is 35.6 Å². The summed E-state index contributed by atoms with van der Waals surface area (Å²) in [6.45, 7) is 6.49. The van der Waals surface area contributed by atoms with Gasteiger partial charge in [0.1, 0.15) is 5.15 Å². The van der Waals surface area contributed by atoms with Crippen LogP contribution in [-0.2, 0) is 16.3 Å². The van der Waals surface area contributed by atoms with Gasteiger partial charge < -0.3 is 10.6 Å². The number of hydrogen-bond donors (Lipinski definition) is 2. The molecule has 30 heavy (non-hydrogen) atoms. The monoisotopic (exact) mass is 564 g/mol. The van der Waals surface area contributed by atoms with Crippen molar-refractivity contribution < 1.29 is 8.42 Å². The van der Waals surface area contributed by atoms with Crippen molar-refractivity contribution in [2.24, 2.45) is 4.99 Å². The van der Waals surface area contributed by atoms with Gasteiger partial charge in [-0.3, -0.25) is 4.99 Å². The Morgan fingerprint density at radius 3 is 2.50 bits per heavy atom. The van der Waals surface area contributed by atoms with Gasteiger partial charge in [0, 0.05) is 25.8 Å². The molecule has 2 aromatic rings. The number of hydrogen-bond acceptors (Lipinski definition) is 4. The minimum absolute atomic E-state index is 0. The van der Waals surface area contributed by atoms with Gasteiger partial charge in [-0.05, 0) is 61.6 Å². The second-order valence-electron chi connectivity index (χ2n) is 7.02. The van der Waals surface area contributed by atoms with Crippen LogP contribution in [0, 0.1) is 13.8 Å². The Balaban J connectivity index is 0.00000450. The number of aryl methyl sites for hydroxylation is 2. The van der Waals surface area contributed by atoms with Crippen LogP contribution in [0.2, 0.25) is 5.15 Å². The molecule has 1 aromatic carbocycles. The van der Waals surface area contributed by atoms with E-state index >= 15 is 0 Å². The van der Waals surface area contributed by atoms with E-state index in [0.717, 1.165) is 23.1 Å². The summed E-state index contributed by atoms with van der Waals surface area (Å²) < 4.78 is 25.7. The van der Waals surface area contributed by atoms with E-state index in [0.29, 0.717) is 29.0 Å². The van der Waals surface area contributed by atoms with Crippen LogP contribution in [0.3, 0.4) is 0 Å². The van der Waals surface area contributed by atoms with Gasteiger partial charge in [0.15, 0.2) is 15.8 Å². The fourth-order valence-corrected chi connectivity index (χ4v) is 4.58. The Labute approximate surface area is 201 Å². The third kappa shape index (κ3) is 8.03. The van der Waals surface area contributed by atoms with Crippen molar-refractivity contribution in [2.75, 3.05) is 19.3 Å². The molecule has 0 amide bonds. The minimum Gasteiger partial charge on any atom is -0.356 e. The number of guanidine groups is 1. The summed E-state index contributed by atoms with van der Waals surface area (Å²) in [7, 11) is -1.73. The first-order valence-electron chi connectivity index (χ1n) is 9.62. The quantitative estimate of drug-likeness (QED) is 0.220. The van der Waals surface area contributed by atoms with Crippen molar-refractivity contribution in [3.8, 4) is 0 Å². The third-order valence-electron chi connectivity index (χ3n) is 4.81. The standard InChI is InChI=1S/C21H29ClN4O2S.HI/c1-5-18(14-29(27,28)19-8-6-15(2)16(3)12-19)26-21(23-4)24-11-10-17-7-9-20(22)25-13-17;/h6-9,12-13,18H,5,10-11,14H2,1-4H3,(H2,23,24,26);1H. The Hall–Kier alpha value is -1.39. The van der Waals surface area contributed by atoms with Crippen LogP contribution in [-0.4, -0.2) is 44.7 Å². The number of nitrogens with zero attached hydrogens (tertiary/aromatic N) is 2. The molecule has 0 aliphatic carbocycles. The first-order chi connectivity index (χ1) is 13.7. The number of benzene rings is 1. The zero-order valence-corrected chi connectivity index (χ0v) is 21.7. The van der Waals surface area contributed by atoms with E-state index < -0.39 is 9.84 Å². The summed E-state index contributed by atoms with van der Waals surface area (Å²) in [4.78, 5) is 8.64. The topological polar surface area (TPSA) is 83.5 Å². The fraction of sp³-hybridized carbons (Fsp3) is 0.429. The van der Waals surface area contributed by atoms with Crippen molar-refractivity contribution in [3.63, 3.8) is 0 Å². The van der Waals surface area contributed by atoms with Crippen molar-refractivity contribution in [2.45, 2.75) is 44.6 Å². The number of pyridine rings is 1. The van der Waals surface area contributed by atoms with Crippen molar-refractivity contribution in [1.82, 2.24) is 15.6 Å². The van der Waals surface area contributed by atoms with E-state index in [1.807, 2.05) is 32.9 Å². The molecule has 2 rings (SSSR count). The Kier molecular flexibility index (Phi) is 11.1. The van der Waals surface area contributed by atoms with Gasteiger partial charge in [-0.2, -0.15) is 0 Å². The second-order valence-corrected chi connectivity index (χ2v) is 9.44. The molecule has 1 aromatic heterocycles. The van der Waals surface area contributed by atoms with Gasteiger partial charge >= 0.3 is 0 Å². The molecule has 0 spiro atoms. The highest BCUT2D eigenvalue weighted by Crippen LogP contribution is 2.17. The molecule has 0 bridgehead atoms. The Bertz CT molecular complexity index is 950. The minimum atomic E-state index is -3.40. The lowest BCUT2D eigenvalue weighted by molar-refractivity contribution is 0.568. The van der Waals surface area contributed by atoms with Crippen molar-refractivity contribution in [3.05, 3.63) is 58.4 Å². The zero-order chi connectivity index (χ0) is 21.4. The molecule has 0 saturated carbocycles. The average molecular weight is 565 g/mol. The summed E-state index contributed by atoms with van der Waals surface area (Å²) in [5, 5.41) is 6.91. The molecular weight excluding hydrogens is 535 g/mol. The van der Waals surface area contributed by atoms with Crippen LogP contribution in [0.15, 0.2) is 46.4 Å². The fourth-order valence-electron chi connectivity index (χ4n) is 2.80. The van der Waals surface area contributed by atoms with Crippen LogP contribution in [0.5, 0.6) is 0 Å². The van der Waals surface area contributed by atoms with Crippen molar-refractivity contribution >= 4 is 51.4 Å². The lowest BCUT2D eigenvalue weighted by atomic mass is 10.1. The van der Waals surface area contributed by atoms with E-state index in [1.165, 1.54) is 0 Å². The van der Waals surface area contributed by atoms with E-state index in [-0.39, 0.29) is 35.8 Å². The summed E-state index contributed by atoms with van der Waals surface area (Å²) >= 11 is 5.80. The van der Waals surface area contributed by atoms with E-state index in [9.17, 15) is 8.42 Å². The molecule has 0 saturated heterocycles. The highest BCUT2D eigenvalue weighted by molar-refractivity contribution is 14.0. The number of aromatic nitrogens is 1. The van der Waals surface area contributed by atoms with E-state index in [1.54, 1.807) is 31.4 Å². The molecule has 1 atom stereocenters. The van der Waals surface area contributed by atoms with Gasteiger partial charge in [0.25, 0.3) is 0 Å². The molecule has 0 fully saturated rings. The van der Waals surface area contributed by atoms with Crippen LogP contribution in [0.1, 0.15) is 30.0 Å². The second kappa shape index (κ2) is 12.5. The van der Waals surface area contributed by atoms with Crippen LogP contribution < -0.4 is 10.6 Å². The van der Waals surface area contributed by atoms with Crippen molar-refractivity contribution in [1.29, 1.82) is 0 Å². The maximum atomic E-state index is 12.8. The first-order valence-corrected chi connectivity index (χ1v) is 11.7. The van der Waals surface area contributed by atoms with E-state index in [4.69, 9.17) is 11.6 Å². The SMILES string of the molecule is CCC(CS(=O)(=O)c1ccc(C)c(C)c1)NC(=NC)NCCc1ccc(Cl)nc1.I. The van der Waals surface area contributed by atoms with Gasteiger partial charge in [-0.15, -0.1) is 24.0 Å². The maximum Gasteiger partial charge on any atom is 0.191 e. The third-order valence-corrected chi connectivity index (χ3v) is 6.85. The molecule has 9 heteroatoms. The normalized spacial score (nSPS) is 12.8. The number of aliphatic imine (C=N–C) groups is 1. The number of nitrogens with one attached hydrogen (secondary N) is 2. The van der Waals surface area contributed by atoms with Crippen LogP contribution in [0.25, 0.3) is 0 Å². The lowest BCUT2D eigenvalue weighted by Gasteiger charge is -2.20. The highest BCUT2D eigenvalue weighted by atomic mass is 127. The number of halogens is 2. The molecule has 166 valence electrons. The molecule has 1 heterocycles. The largest absolute Gasteiger partial charge is 0.356 e. The smallest absolute Gasteiger partial charge is 0.191 e. The zero-order valence-electron chi connectivity index (χ0n) is 17.8. The molecular formula is C21H30ClIN4O2S. The predicted molar refractivity (Wildman–Crippen MR) is 135 cm³/mol. The molecule has 6 nitrogen and oxygen atoms in total. The van der Waals surface area contributed by atoms with Gasteiger partial charge in [-0.1, -0.05) is 30.7 Å². The molecule has 0 aliphatic heterocycles. The summed E-state index contributed by atoms with van der Waals surface area (Å²) in [6, 6.07) is 8.71. The molecule has 0 aliphatic rings.